The molecule has 1 heterocycles. The lowest BCUT2D eigenvalue weighted by Gasteiger charge is -2.06. The number of halogens is 1. The van der Waals surface area contributed by atoms with E-state index < -0.39 is 0 Å². The van der Waals surface area contributed by atoms with Crippen LogP contribution >= 0.6 is 23.4 Å². The molecule has 82 valence electrons. The highest BCUT2D eigenvalue weighted by Gasteiger charge is 2.18. The fourth-order valence-electron chi connectivity index (χ4n) is 1.74. The second-order valence-electron chi connectivity index (χ2n) is 4.07. The predicted molar refractivity (Wildman–Crippen MR) is 65.5 cm³/mol. The zero-order chi connectivity index (χ0) is 10.8. The van der Waals surface area contributed by atoms with Crippen molar-refractivity contribution in [3.8, 4) is 0 Å². The Morgan fingerprint density at radius 1 is 1.33 bits per heavy atom. The van der Waals surface area contributed by atoms with E-state index in [1.54, 1.807) is 0 Å². The van der Waals surface area contributed by atoms with Gasteiger partial charge in [-0.3, -0.25) is 0 Å². The molecule has 4 heteroatoms. The minimum atomic E-state index is 0.612. The summed E-state index contributed by atoms with van der Waals surface area (Å²) in [7, 11) is 0. The number of rotatable bonds is 3. The van der Waals surface area contributed by atoms with Gasteiger partial charge < -0.3 is 0 Å². The van der Waals surface area contributed by atoms with E-state index in [1.807, 2.05) is 11.8 Å². The summed E-state index contributed by atoms with van der Waals surface area (Å²) in [4.78, 5) is 8.92. The normalized spacial score (nSPS) is 14.7. The summed E-state index contributed by atoms with van der Waals surface area (Å²) in [6.45, 7) is 4.36. The summed E-state index contributed by atoms with van der Waals surface area (Å²) in [6, 6.07) is 0. The molecule has 1 aliphatic rings. The molecule has 0 spiro atoms. The molecule has 0 aliphatic heterocycles. The van der Waals surface area contributed by atoms with Gasteiger partial charge in [-0.15, -0.1) is 0 Å². The molecule has 1 aliphatic carbocycles. The summed E-state index contributed by atoms with van der Waals surface area (Å²) in [5, 5.41) is 1.29. The summed E-state index contributed by atoms with van der Waals surface area (Å²) in [6.07, 6.45) is 3.28. The molecular weight excluding hydrogens is 228 g/mol. The second-order valence-corrected chi connectivity index (χ2v) is 5.99. The van der Waals surface area contributed by atoms with Crippen LogP contribution in [-0.2, 0) is 18.6 Å². The Hall–Kier alpha value is -0.280. The van der Waals surface area contributed by atoms with Gasteiger partial charge in [-0.25, -0.2) is 9.97 Å². The molecule has 15 heavy (non-hydrogen) atoms. The van der Waals surface area contributed by atoms with E-state index in [0.29, 0.717) is 10.4 Å². The third-order valence-corrected chi connectivity index (χ3v) is 3.88. The summed E-state index contributed by atoms with van der Waals surface area (Å²) >= 11 is 7.98. The van der Waals surface area contributed by atoms with Crippen molar-refractivity contribution in [2.75, 3.05) is 0 Å². The number of aromatic nitrogens is 2. The highest BCUT2D eigenvalue weighted by atomic mass is 35.5. The maximum Gasteiger partial charge on any atom is 0.140 e. The van der Waals surface area contributed by atoms with Crippen LogP contribution in [0.5, 0.6) is 0 Å². The van der Waals surface area contributed by atoms with Crippen molar-refractivity contribution in [2.24, 2.45) is 0 Å². The lowest BCUT2D eigenvalue weighted by molar-refractivity contribution is 0.893. The van der Waals surface area contributed by atoms with Crippen molar-refractivity contribution >= 4 is 23.4 Å². The van der Waals surface area contributed by atoms with Crippen LogP contribution in [0.15, 0.2) is 0 Å². The number of thioether (sulfide) groups is 1. The lowest BCUT2D eigenvalue weighted by Crippen LogP contribution is -2.01. The smallest absolute Gasteiger partial charge is 0.140 e. The highest BCUT2D eigenvalue weighted by molar-refractivity contribution is 7.99. The highest BCUT2D eigenvalue weighted by Crippen LogP contribution is 2.27. The molecule has 0 radical (unpaired) electrons. The van der Waals surface area contributed by atoms with Gasteiger partial charge in [-0.1, -0.05) is 25.4 Å². The molecule has 0 fully saturated rings. The van der Waals surface area contributed by atoms with Gasteiger partial charge in [0.2, 0.25) is 0 Å². The number of hydrogen-bond acceptors (Lipinski definition) is 3. The molecule has 1 aromatic rings. The molecule has 0 amide bonds. The maximum atomic E-state index is 6.13. The Balaban J connectivity index is 2.16. The first-order valence-corrected chi connectivity index (χ1v) is 6.75. The standard InChI is InChI=1S/C11H15ClN2S/c1-7(2)15-6-10-13-9-5-3-4-8(9)11(12)14-10/h7H,3-6H2,1-2H3. The number of nitrogens with zero attached hydrogens (tertiary/aromatic N) is 2. The minimum Gasteiger partial charge on any atom is -0.237 e. The molecule has 0 saturated carbocycles. The van der Waals surface area contributed by atoms with Crippen LogP contribution in [0.2, 0.25) is 5.15 Å². The first-order chi connectivity index (χ1) is 7.16. The summed E-state index contributed by atoms with van der Waals surface area (Å²) in [5.41, 5.74) is 2.35. The Morgan fingerprint density at radius 2 is 2.13 bits per heavy atom. The molecule has 0 saturated heterocycles. The largest absolute Gasteiger partial charge is 0.237 e. The van der Waals surface area contributed by atoms with Crippen LogP contribution in [0.3, 0.4) is 0 Å². The maximum absolute atomic E-state index is 6.13. The van der Waals surface area contributed by atoms with Crippen molar-refractivity contribution in [1.29, 1.82) is 0 Å². The number of aryl methyl sites for hydroxylation is 1. The van der Waals surface area contributed by atoms with Crippen molar-refractivity contribution in [1.82, 2.24) is 9.97 Å². The van der Waals surface area contributed by atoms with Gasteiger partial charge in [0.1, 0.15) is 11.0 Å². The molecule has 2 nitrogen and oxygen atoms in total. The van der Waals surface area contributed by atoms with Crippen LogP contribution in [-0.4, -0.2) is 15.2 Å². The topological polar surface area (TPSA) is 25.8 Å². The molecule has 1 aromatic heterocycles. The van der Waals surface area contributed by atoms with Gasteiger partial charge in [0.15, 0.2) is 0 Å². The van der Waals surface area contributed by atoms with Crippen LogP contribution < -0.4 is 0 Å². The summed E-state index contributed by atoms with van der Waals surface area (Å²) in [5.74, 6) is 1.75. The van der Waals surface area contributed by atoms with Crippen molar-refractivity contribution in [3.63, 3.8) is 0 Å². The van der Waals surface area contributed by atoms with E-state index in [9.17, 15) is 0 Å². The fourth-order valence-corrected chi connectivity index (χ4v) is 2.65. The first kappa shape index (κ1) is 11.2. The van der Waals surface area contributed by atoms with Crippen LogP contribution in [0, 0.1) is 0 Å². The quantitative estimate of drug-likeness (QED) is 0.761. The fraction of sp³-hybridized carbons (Fsp3) is 0.636. The zero-order valence-corrected chi connectivity index (χ0v) is 10.7. The third kappa shape index (κ3) is 2.64. The average Bonchev–Trinajstić information content (AvgIpc) is 2.63. The number of hydrogen-bond donors (Lipinski definition) is 0. The van der Waals surface area contributed by atoms with Gasteiger partial charge >= 0.3 is 0 Å². The van der Waals surface area contributed by atoms with Gasteiger partial charge in [-0.2, -0.15) is 11.8 Å². The monoisotopic (exact) mass is 242 g/mol. The lowest BCUT2D eigenvalue weighted by atomic mass is 10.3. The van der Waals surface area contributed by atoms with E-state index in [4.69, 9.17) is 11.6 Å². The van der Waals surface area contributed by atoms with Crippen LogP contribution in [0.25, 0.3) is 0 Å². The SMILES string of the molecule is CC(C)SCc1nc(Cl)c2c(n1)CCC2. The minimum absolute atomic E-state index is 0.612. The Morgan fingerprint density at radius 3 is 2.87 bits per heavy atom. The zero-order valence-electron chi connectivity index (χ0n) is 9.09. The van der Waals surface area contributed by atoms with E-state index in [2.05, 4.69) is 23.8 Å². The van der Waals surface area contributed by atoms with Crippen LogP contribution in [0.1, 0.15) is 37.4 Å². The van der Waals surface area contributed by atoms with Crippen molar-refractivity contribution in [3.05, 3.63) is 22.2 Å². The average molecular weight is 243 g/mol. The Labute approximate surface area is 99.8 Å². The molecule has 0 aromatic carbocycles. The Bertz CT molecular complexity index is 366. The van der Waals surface area contributed by atoms with Gasteiger partial charge in [-0.05, 0) is 24.5 Å². The molecule has 0 atom stereocenters. The number of fused-ring (bicyclic) bond motifs is 1. The van der Waals surface area contributed by atoms with Crippen molar-refractivity contribution in [2.45, 2.75) is 44.1 Å². The molecule has 0 N–H and O–H groups in total. The van der Waals surface area contributed by atoms with E-state index in [-0.39, 0.29) is 0 Å². The van der Waals surface area contributed by atoms with E-state index >= 15 is 0 Å². The van der Waals surface area contributed by atoms with E-state index in [1.165, 1.54) is 17.7 Å². The van der Waals surface area contributed by atoms with Gasteiger partial charge in [0.25, 0.3) is 0 Å². The molecular formula is C11H15ClN2S. The second kappa shape index (κ2) is 4.71. The Kier molecular flexibility index (Phi) is 3.52. The van der Waals surface area contributed by atoms with Gasteiger partial charge in [0, 0.05) is 11.3 Å². The molecule has 0 bridgehead atoms. The molecule has 0 unspecified atom stereocenters. The third-order valence-electron chi connectivity index (χ3n) is 2.47. The van der Waals surface area contributed by atoms with Gasteiger partial charge in [0.05, 0.1) is 5.75 Å². The summed E-state index contributed by atoms with van der Waals surface area (Å²) < 4.78 is 0. The first-order valence-electron chi connectivity index (χ1n) is 5.32. The van der Waals surface area contributed by atoms with Crippen LogP contribution in [0.4, 0.5) is 0 Å². The van der Waals surface area contributed by atoms with Crippen molar-refractivity contribution < 1.29 is 0 Å². The molecule has 2 rings (SSSR count). The van der Waals surface area contributed by atoms with E-state index in [0.717, 1.165) is 24.4 Å². The predicted octanol–water partition coefficient (Wildman–Crippen LogP) is 3.26.